The predicted octanol–water partition coefficient (Wildman–Crippen LogP) is 4.12. The third-order valence-corrected chi connectivity index (χ3v) is 10.2. The molecule has 3 atom stereocenters. The average molecular weight is 617 g/mol. The fraction of sp³-hybridized carbons (Fsp3) is 0.226. The van der Waals surface area contributed by atoms with Gasteiger partial charge in [-0.2, -0.15) is 0 Å². The van der Waals surface area contributed by atoms with Crippen LogP contribution in [0.5, 0.6) is 11.5 Å². The number of aromatic nitrogens is 1. The first-order chi connectivity index (χ1) is 20.7. The molecule has 4 aromatic rings. The van der Waals surface area contributed by atoms with Crippen LogP contribution in [-0.4, -0.2) is 53.9 Å². The van der Waals surface area contributed by atoms with Crippen LogP contribution in [-0.2, 0) is 20.9 Å². The molecular weight excluding hydrogens is 588 g/mol. The molecule has 220 valence electrons. The normalized spacial score (nSPS) is 19.1. The number of thioether (sulfide) groups is 1. The summed E-state index contributed by atoms with van der Waals surface area (Å²) in [7, 11) is 5.41. The second-order valence-corrected chi connectivity index (χ2v) is 12.6. The van der Waals surface area contributed by atoms with Crippen molar-refractivity contribution < 1.29 is 24.2 Å². The van der Waals surface area contributed by atoms with Gasteiger partial charge in [-0.25, -0.2) is 4.90 Å². The first kappa shape index (κ1) is 28.6. The summed E-state index contributed by atoms with van der Waals surface area (Å²) >= 11 is 2.16. The molecule has 3 heterocycles. The topological polar surface area (TPSA) is 121 Å². The van der Waals surface area contributed by atoms with Crippen molar-refractivity contribution in [3.05, 3.63) is 92.9 Å². The molecule has 1 aromatic heterocycles. The Balaban J connectivity index is 1.40. The number of phenols is 1. The van der Waals surface area contributed by atoms with Crippen LogP contribution in [0.15, 0.2) is 82.6 Å². The van der Waals surface area contributed by atoms with E-state index in [1.807, 2.05) is 43.3 Å². The van der Waals surface area contributed by atoms with Gasteiger partial charge in [-0.1, -0.05) is 35.2 Å². The number of benzene rings is 3. The van der Waals surface area contributed by atoms with Gasteiger partial charge in [-0.05, 0) is 66.2 Å². The number of rotatable bonds is 7. The van der Waals surface area contributed by atoms with E-state index in [0.717, 1.165) is 22.6 Å². The molecule has 43 heavy (non-hydrogen) atoms. The van der Waals surface area contributed by atoms with Crippen molar-refractivity contribution in [1.82, 2.24) is 4.57 Å². The van der Waals surface area contributed by atoms with Crippen LogP contribution in [0.2, 0.25) is 0 Å². The van der Waals surface area contributed by atoms with E-state index in [2.05, 4.69) is 5.32 Å². The minimum absolute atomic E-state index is 0.0659. The first-order valence-electron chi connectivity index (χ1n) is 13.4. The van der Waals surface area contributed by atoms with Crippen LogP contribution >= 0.6 is 23.1 Å². The third-order valence-electron chi connectivity index (χ3n) is 7.60. The van der Waals surface area contributed by atoms with E-state index in [4.69, 9.17) is 4.74 Å². The minimum atomic E-state index is -0.791. The fourth-order valence-electron chi connectivity index (χ4n) is 5.47. The van der Waals surface area contributed by atoms with E-state index in [1.54, 1.807) is 43.5 Å². The third kappa shape index (κ3) is 5.17. The first-order valence-corrected chi connectivity index (χ1v) is 15.1. The van der Waals surface area contributed by atoms with E-state index in [0.29, 0.717) is 27.0 Å². The maximum atomic E-state index is 14.1. The summed E-state index contributed by atoms with van der Waals surface area (Å²) in [6.07, 6.45) is 0. The van der Waals surface area contributed by atoms with E-state index >= 15 is 0 Å². The largest absolute Gasteiger partial charge is 0.508 e. The van der Waals surface area contributed by atoms with Gasteiger partial charge in [0, 0.05) is 36.3 Å². The maximum Gasteiger partial charge on any atom is 0.308 e. The molecule has 0 bridgehead atoms. The van der Waals surface area contributed by atoms with Crippen LogP contribution < -0.4 is 24.7 Å². The Morgan fingerprint density at radius 2 is 1.63 bits per heavy atom. The Hall–Kier alpha value is -4.55. The summed E-state index contributed by atoms with van der Waals surface area (Å²) in [4.78, 5) is 57.8. The highest BCUT2D eigenvalue weighted by Gasteiger charge is 2.56. The number of methoxy groups -OCH3 is 1. The van der Waals surface area contributed by atoms with E-state index in [-0.39, 0.29) is 29.0 Å². The highest BCUT2D eigenvalue weighted by atomic mass is 32.2. The van der Waals surface area contributed by atoms with Crippen molar-refractivity contribution in [3.63, 3.8) is 0 Å². The van der Waals surface area contributed by atoms with Gasteiger partial charge in [0.2, 0.25) is 17.7 Å². The van der Waals surface area contributed by atoms with Gasteiger partial charge in [0.05, 0.1) is 23.7 Å². The standard InChI is InChI=1S/C31H28N4O6S2/c1-33(2)19-8-4-17(5-9-19)24-25-26(29(39)35(28(25)38)20-10-14-22(41-3)15-11-20)42-30-27(24)43-31(40)34(30)16-23(37)32-18-6-12-21(36)13-7-18/h4-15,24-26,36H,16H2,1-3H3,(H,32,37)/t24-,25?,26?/m1/s1. The number of aromatic hydroxyl groups is 1. The summed E-state index contributed by atoms with van der Waals surface area (Å²) in [5.41, 5.74) is 2.69. The lowest BCUT2D eigenvalue weighted by molar-refractivity contribution is -0.122. The highest BCUT2D eigenvalue weighted by molar-refractivity contribution is 8.00. The van der Waals surface area contributed by atoms with Gasteiger partial charge in [-0.3, -0.25) is 23.7 Å². The van der Waals surface area contributed by atoms with Gasteiger partial charge < -0.3 is 20.1 Å². The number of nitrogens with zero attached hydrogens (tertiary/aromatic N) is 3. The lowest BCUT2D eigenvalue weighted by atomic mass is 9.83. The molecule has 0 spiro atoms. The number of anilines is 3. The Bertz CT molecular complexity index is 1760. The quantitative estimate of drug-likeness (QED) is 0.235. The van der Waals surface area contributed by atoms with Gasteiger partial charge in [-0.15, -0.1) is 0 Å². The second-order valence-electron chi connectivity index (χ2n) is 10.5. The number of hydrogen-bond acceptors (Lipinski definition) is 9. The van der Waals surface area contributed by atoms with E-state index in [9.17, 15) is 24.3 Å². The molecule has 2 aliphatic rings. The molecule has 3 aromatic carbocycles. The van der Waals surface area contributed by atoms with Gasteiger partial charge >= 0.3 is 4.87 Å². The number of fused-ring (bicyclic) bond motifs is 2. The highest BCUT2D eigenvalue weighted by Crippen LogP contribution is 2.54. The van der Waals surface area contributed by atoms with Crippen molar-refractivity contribution >= 4 is 57.9 Å². The number of carbonyl (C=O) groups is 3. The molecule has 12 heteroatoms. The van der Waals surface area contributed by atoms with Crippen molar-refractivity contribution in [2.24, 2.45) is 5.92 Å². The van der Waals surface area contributed by atoms with Crippen LogP contribution in [0.25, 0.3) is 0 Å². The van der Waals surface area contributed by atoms with Crippen LogP contribution in [0.4, 0.5) is 17.1 Å². The molecule has 2 aliphatic heterocycles. The summed E-state index contributed by atoms with van der Waals surface area (Å²) in [5, 5.41) is 12.0. The Kier molecular flexibility index (Phi) is 7.49. The van der Waals surface area contributed by atoms with Gasteiger partial charge in [0.25, 0.3) is 0 Å². The predicted molar refractivity (Wildman–Crippen MR) is 167 cm³/mol. The average Bonchev–Trinajstić information content (AvgIpc) is 3.44. The zero-order valence-electron chi connectivity index (χ0n) is 23.5. The molecule has 6 rings (SSSR count). The number of nitrogens with one attached hydrogen (secondary N) is 1. The number of phenolic OH excluding ortho intramolecular Hbond substituents is 1. The molecule has 2 N–H and O–H groups in total. The Labute approximate surface area is 255 Å². The maximum absolute atomic E-state index is 14.1. The second kappa shape index (κ2) is 11.3. The van der Waals surface area contributed by atoms with Crippen molar-refractivity contribution in [2.75, 3.05) is 36.3 Å². The monoisotopic (exact) mass is 616 g/mol. The van der Waals surface area contributed by atoms with Gasteiger partial charge in [0.1, 0.15) is 23.3 Å². The summed E-state index contributed by atoms with van der Waals surface area (Å²) in [6.45, 7) is -0.271. The zero-order chi connectivity index (χ0) is 30.4. The Morgan fingerprint density at radius 1 is 0.953 bits per heavy atom. The van der Waals surface area contributed by atoms with Gasteiger partial charge in [0.15, 0.2) is 0 Å². The number of ether oxygens (including phenoxy) is 1. The minimum Gasteiger partial charge on any atom is -0.508 e. The van der Waals surface area contributed by atoms with Crippen molar-refractivity contribution in [3.8, 4) is 11.5 Å². The number of carbonyl (C=O) groups excluding carboxylic acids is 3. The molecule has 0 radical (unpaired) electrons. The summed E-state index contributed by atoms with van der Waals surface area (Å²) in [5.74, 6) is -1.77. The van der Waals surface area contributed by atoms with E-state index < -0.39 is 23.0 Å². The molecule has 2 unspecified atom stereocenters. The van der Waals surface area contributed by atoms with Crippen molar-refractivity contribution in [2.45, 2.75) is 22.7 Å². The summed E-state index contributed by atoms with van der Waals surface area (Å²) in [6, 6.07) is 20.5. The number of thiazole rings is 1. The molecular formula is C31H28N4O6S2. The zero-order valence-corrected chi connectivity index (χ0v) is 25.1. The molecule has 10 nitrogen and oxygen atoms in total. The molecule has 3 amide bonds. The molecule has 1 fully saturated rings. The lowest BCUT2D eigenvalue weighted by Crippen LogP contribution is -2.33. The van der Waals surface area contributed by atoms with Crippen LogP contribution in [0.3, 0.4) is 0 Å². The van der Waals surface area contributed by atoms with Crippen LogP contribution in [0.1, 0.15) is 16.4 Å². The smallest absolute Gasteiger partial charge is 0.308 e. The van der Waals surface area contributed by atoms with E-state index in [1.165, 1.54) is 33.4 Å². The molecule has 0 saturated carbocycles. The fourth-order valence-corrected chi connectivity index (χ4v) is 8.24. The molecule has 0 aliphatic carbocycles. The lowest BCUT2D eigenvalue weighted by Gasteiger charge is -2.31. The Morgan fingerprint density at radius 3 is 2.26 bits per heavy atom. The molecule has 1 saturated heterocycles. The summed E-state index contributed by atoms with van der Waals surface area (Å²) < 4.78 is 6.62. The van der Waals surface area contributed by atoms with Crippen molar-refractivity contribution in [1.29, 1.82) is 0 Å². The SMILES string of the molecule is COc1ccc(N2C(=O)C3Sc4c(sc(=O)n4CC(=O)Nc4ccc(O)cc4)[C@H](c4ccc(N(C)C)cc4)C3C2=O)cc1. The number of hydrogen-bond donors (Lipinski definition) is 2. The van der Waals surface area contributed by atoms with Crippen LogP contribution in [0, 0.1) is 5.92 Å². The number of imide groups is 1. The number of amides is 3.